The zero-order valence-electron chi connectivity index (χ0n) is 18.3. The minimum atomic E-state index is -0.453. The number of benzene rings is 1. The molecule has 0 radical (unpaired) electrons. The van der Waals surface area contributed by atoms with E-state index < -0.39 is 5.92 Å². The molecular formula is C24H24N8. The van der Waals surface area contributed by atoms with Crippen molar-refractivity contribution < 1.29 is 0 Å². The maximum absolute atomic E-state index is 10.1. The number of nitriles is 1. The Balaban J connectivity index is 1.72. The van der Waals surface area contributed by atoms with E-state index in [1.54, 1.807) is 12.4 Å². The van der Waals surface area contributed by atoms with E-state index in [1.807, 2.05) is 51.4 Å². The van der Waals surface area contributed by atoms with Crippen LogP contribution in [0.5, 0.6) is 0 Å². The summed E-state index contributed by atoms with van der Waals surface area (Å²) in [6, 6.07) is 12.1. The van der Waals surface area contributed by atoms with Crippen LogP contribution in [-0.2, 0) is 0 Å². The standard InChI is InChI=1S/C24H24N8/c1-15-23(26-2)22(16-5-7-20-18(11-16)14-29-31-20)19(12-25)24(30-15)17-6-8-21(28-13-17)27-9-10-32(3)4/h5-8,11,13-14,22,30H,9-10H2,1,3-4H3,(H,27,28)(H,29,31). The van der Waals surface area contributed by atoms with Gasteiger partial charge in [-0.2, -0.15) is 10.4 Å². The van der Waals surface area contributed by atoms with Crippen LogP contribution in [0.25, 0.3) is 21.4 Å². The fraction of sp³-hybridized carbons (Fsp3) is 0.250. The van der Waals surface area contributed by atoms with Gasteiger partial charge in [-0.3, -0.25) is 5.10 Å². The first-order chi connectivity index (χ1) is 15.5. The summed E-state index contributed by atoms with van der Waals surface area (Å²) in [4.78, 5) is 10.4. The number of aromatic nitrogens is 3. The second-order valence-corrected chi connectivity index (χ2v) is 7.96. The van der Waals surface area contributed by atoms with Crippen molar-refractivity contribution in [2.75, 3.05) is 32.5 Å². The van der Waals surface area contributed by atoms with Gasteiger partial charge in [0.2, 0.25) is 0 Å². The third-order valence-corrected chi connectivity index (χ3v) is 5.48. The first kappa shape index (κ1) is 21.1. The number of fused-ring (bicyclic) bond motifs is 1. The molecule has 4 rings (SSSR count). The molecule has 3 N–H and O–H groups in total. The van der Waals surface area contributed by atoms with Crippen molar-refractivity contribution in [3.05, 3.63) is 82.2 Å². The Bertz CT molecular complexity index is 1280. The highest BCUT2D eigenvalue weighted by Crippen LogP contribution is 2.41. The topological polar surface area (TPSA) is 97.0 Å². The van der Waals surface area contributed by atoms with Crippen LogP contribution in [0.3, 0.4) is 0 Å². The summed E-state index contributed by atoms with van der Waals surface area (Å²) in [6.07, 6.45) is 3.50. The highest BCUT2D eigenvalue weighted by molar-refractivity contribution is 5.81. The molecule has 0 saturated heterocycles. The van der Waals surface area contributed by atoms with Gasteiger partial charge in [-0.05, 0) is 50.8 Å². The number of rotatable bonds is 6. The normalized spacial score (nSPS) is 16.1. The predicted octanol–water partition coefficient (Wildman–Crippen LogP) is 3.70. The van der Waals surface area contributed by atoms with Gasteiger partial charge in [-0.1, -0.05) is 6.07 Å². The van der Waals surface area contributed by atoms with E-state index in [4.69, 9.17) is 6.57 Å². The summed E-state index contributed by atoms with van der Waals surface area (Å²) in [5.41, 5.74) is 5.04. The van der Waals surface area contributed by atoms with E-state index in [-0.39, 0.29) is 0 Å². The van der Waals surface area contributed by atoms with E-state index in [1.165, 1.54) is 0 Å². The fourth-order valence-electron chi connectivity index (χ4n) is 3.83. The zero-order valence-corrected chi connectivity index (χ0v) is 18.3. The van der Waals surface area contributed by atoms with Crippen molar-refractivity contribution in [2.24, 2.45) is 0 Å². The number of likely N-dealkylation sites (N-methyl/N-ethyl adjacent to an activating group) is 1. The molecule has 1 atom stereocenters. The van der Waals surface area contributed by atoms with Crippen LogP contribution in [0.15, 0.2) is 59.7 Å². The van der Waals surface area contributed by atoms with Crippen LogP contribution in [-0.4, -0.2) is 47.3 Å². The lowest BCUT2D eigenvalue weighted by molar-refractivity contribution is 0.425. The molecule has 0 bridgehead atoms. The maximum Gasteiger partial charge on any atom is 0.196 e. The van der Waals surface area contributed by atoms with Gasteiger partial charge < -0.3 is 15.5 Å². The van der Waals surface area contributed by atoms with E-state index in [9.17, 15) is 5.26 Å². The Labute approximate surface area is 187 Å². The molecular weight excluding hydrogens is 400 g/mol. The number of nitrogens with zero attached hydrogens (tertiary/aromatic N) is 5. The number of dihydropyridines is 1. The average Bonchev–Trinajstić information content (AvgIpc) is 3.26. The average molecular weight is 425 g/mol. The molecule has 32 heavy (non-hydrogen) atoms. The van der Waals surface area contributed by atoms with Gasteiger partial charge in [0.15, 0.2) is 5.70 Å². The van der Waals surface area contributed by atoms with Crippen LogP contribution in [0.4, 0.5) is 5.82 Å². The lowest BCUT2D eigenvalue weighted by Gasteiger charge is -2.27. The third kappa shape index (κ3) is 4.04. The molecule has 1 unspecified atom stereocenters. The summed E-state index contributed by atoms with van der Waals surface area (Å²) >= 11 is 0. The summed E-state index contributed by atoms with van der Waals surface area (Å²) in [7, 11) is 4.05. The Morgan fingerprint density at radius 3 is 2.78 bits per heavy atom. The molecule has 1 aliphatic heterocycles. The molecule has 3 aromatic rings. The Kier molecular flexibility index (Phi) is 5.89. The molecule has 0 fully saturated rings. The number of hydrogen-bond acceptors (Lipinski definition) is 6. The number of aromatic amines is 1. The van der Waals surface area contributed by atoms with Gasteiger partial charge in [0, 0.05) is 35.9 Å². The van der Waals surface area contributed by atoms with Gasteiger partial charge in [-0.25, -0.2) is 9.83 Å². The molecule has 1 aliphatic rings. The molecule has 1 aromatic carbocycles. The van der Waals surface area contributed by atoms with Gasteiger partial charge in [0.1, 0.15) is 5.82 Å². The number of allylic oxidation sites excluding steroid dienone is 2. The molecule has 0 saturated carbocycles. The van der Waals surface area contributed by atoms with E-state index in [2.05, 4.69) is 41.6 Å². The highest BCUT2D eigenvalue weighted by Gasteiger charge is 2.32. The first-order valence-corrected chi connectivity index (χ1v) is 10.3. The van der Waals surface area contributed by atoms with E-state index >= 15 is 0 Å². The minimum Gasteiger partial charge on any atom is -0.369 e. The Morgan fingerprint density at radius 2 is 2.09 bits per heavy atom. The summed E-state index contributed by atoms with van der Waals surface area (Å²) in [6.45, 7) is 11.3. The van der Waals surface area contributed by atoms with Gasteiger partial charge in [0.05, 0.1) is 41.5 Å². The van der Waals surface area contributed by atoms with Crippen LogP contribution >= 0.6 is 0 Å². The SMILES string of the molecule is [C-]#[N+]C1=C(C)NC(c2ccc(NCCN(C)C)nc2)=C(C#N)C1c1ccc2[nH]ncc2c1. The summed E-state index contributed by atoms with van der Waals surface area (Å²) < 4.78 is 0. The van der Waals surface area contributed by atoms with Crippen molar-refractivity contribution in [3.63, 3.8) is 0 Å². The number of pyridine rings is 1. The summed E-state index contributed by atoms with van der Waals surface area (Å²) in [5.74, 6) is 0.326. The molecule has 8 nitrogen and oxygen atoms in total. The zero-order chi connectivity index (χ0) is 22.7. The summed E-state index contributed by atoms with van der Waals surface area (Å²) in [5, 5.41) is 24.7. The monoisotopic (exact) mass is 424 g/mol. The lowest BCUT2D eigenvalue weighted by atomic mass is 9.83. The van der Waals surface area contributed by atoms with Gasteiger partial charge in [0.25, 0.3) is 0 Å². The van der Waals surface area contributed by atoms with E-state index in [0.29, 0.717) is 17.0 Å². The predicted molar refractivity (Wildman–Crippen MR) is 125 cm³/mol. The number of nitrogens with one attached hydrogen (secondary N) is 3. The Hall–Kier alpha value is -4.14. The highest BCUT2D eigenvalue weighted by atomic mass is 15.1. The second kappa shape index (κ2) is 8.93. The van der Waals surface area contributed by atoms with Crippen LogP contribution in [0.1, 0.15) is 24.0 Å². The Morgan fingerprint density at radius 1 is 1.25 bits per heavy atom. The van der Waals surface area contributed by atoms with Crippen LogP contribution in [0.2, 0.25) is 0 Å². The lowest BCUT2D eigenvalue weighted by Crippen LogP contribution is -2.23. The smallest absolute Gasteiger partial charge is 0.196 e. The maximum atomic E-state index is 10.1. The molecule has 0 amide bonds. The van der Waals surface area contributed by atoms with Crippen molar-refractivity contribution in [1.82, 2.24) is 25.4 Å². The molecule has 0 aliphatic carbocycles. The van der Waals surface area contributed by atoms with Crippen molar-refractivity contribution in [3.8, 4) is 6.07 Å². The van der Waals surface area contributed by atoms with E-state index in [0.717, 1.165) is 46.6 Å². The first-order valence-electron chi connectivity index (χ1n) is 10.3. The van der Waals surface area contributed by atoms with Crippen LogP contribution in [0, 0.1) is 17.9 Å². The van der Waals surface area contributed by atoms with Gasteiger partial charge in [-0.15, -0.1) is 0 Å². The number of H-pyrrole nitrogens is 1. The van der Waals surface area contributed by atoms with Crippen LogP contribution < -0.4 is 10.6 Å². The molecule has 8 heteroatoms. The largest absolute Gasteiger partial charge is 0.369 e. The van der Waals surface area contributed by atoms with Gasteiger partial charge >= 0.3 is 0 Å². The molecule has 160 valence electrons. The van der Waals surface area contributed by atoms with Crippen molar-refractivity contribution in [1.29, 1.82) is 5.26 Å². The quantitative estimate of drug-likeness (QED) is 0.522. The third-order valence-electron chi connectivity index (χ3n) is 5.48. The van der Waals surface area contributed by atoms with Crippen molar-refractivity contribution in [2.45, 2.75) is 12.8 Å². The van der Waals surface area contributed by atoms with Crippen molar-refractivity contribution >= 4 is 22.4 Å². The number of hydrogen-bond donors (Lipinski definition) is 3. The molecule has 0 spiro atoms. The molecule has 2 aromatic heterocycles. The molecule has 3 heterocycles. The second-order valence-electron chi connectivity index (χ2n) is 7.96. The number of anilines is 1. The minimum absolute atomic E-state index is 0.453. The fourth-order valence-corrected chi connectivity index (χ4v) is 3.83.